The normalized spacial score (nSPS) is 14.1. The number of hydrogen-bond acceptors (Lipinski definition) is 9. The molecule has 3 atom stereocenters. The number of carboxylic acids is 1. The predicted octanol–water partition coefficient (Wildman–Crippen LogP) is 13.5. The first-order chi connectivity index (χ1) is 30.1. The Bertz CT molecular complexity index is 1280. The summed E-state index contributed by atoms with van der Waals surface area (Å²) in [7, 11) is -4.74. The first-order valence-electron chi connectivity index (χ1n) is 24.3. The van der Waals surface area contributed by atoms with Crippen molar-refractivity contribution in [2.75, 3.05) is 19.8 Å². The maximum atomic E-state index is 12.6. The number of ether oxygens (including phenoxy) is 2. The lowest BCUT2D eigenvalue weighted by molar-refractivity contribution is -0.160. The average Bonchev–Trinajstić information content (AvgIpc) is 3.25. The van der Waals surface area contributed by atoms with E-state index in [9.17, 15) is 23.8 Å². The number of rotatable bonds is 45. The summed E-state index contributed by atoms with van der Waals surface area (Å²) in [5.41, 5.74) is 5.33. The van der Waals surface area contributed by atoms with Gasteiger partial charge in [-0.1, -0.05) is 216 Å². The van der Waals surface area contributed by atoms with Crippen LogP contribution in [-0.2, 0) is 37.5 Å². The Kier molecular flexibility index (Phi) is 42.7. The molecule has 0 aliphatic carbocycles. The molecule has 0 aliphatic rings. The van der Waals surface area contributed by atoms with Gasteiger partial charge in [0.15, 0.2) is 6.10 Å². The van der Waals surface area contributed by atoms with Gasteiger partial charge in [-0.15, -0.1) is 0 Å². The van der Waals surface area contributed by atoms with Gasteiger partial charge in [0.1, 0.15) is 12.6 Å². The van der Waals surface area contributed by atoms with E-state index in [4.69, 9.17) is 24.8 Å². The lowest BCUT2D eigenvalue weighted by Gasteiger charge is -2.20. The molecule has 0 amide bonds. The number of phosphoric acid groups is 1. The fraction of sp³-hybridized carbons (Fsp3) is 0.740. The van der Waals surface area contributed by atoms with Gasteiger partial charge in [-0.05, 0) is 38.5 Å². The number of esters is 2. The average molecular weight is 894 g/mol. The molecule has 358 valence electrons. The number of carbonyl (C=O) groups is 3. The number of carbonyl (C=O) groups excluding carboxylic acids is 2. The standard InChI is InChI=1S/C50H88NO10P/c1-3-5-7-9-11-13-15-17-19-20-21-22-23-24-25-26-28-29-31-33-35-37-39-41-48(52)58-43-46(44-59-62(56,57)60-45-47(51)50(54)55)61-49(53)42-40-38-36-34-32-30-27-18-16-14-12-10-8-6-4-2/h6,8,12,14,18,27,32,34,38,40,46-47H,3-5,7,9-11,13,15-17,19-26,28-31,33,35-37,39,41-45,51H2,1-2H3,(H,54,55)(H,56,57)/b8-6-,14-12-,27-18-,34-32-,40-38-. The molecule has 3 unspecified atom stereocenters. The van der Waals surface area contributed by atoms with E-state index in [1.807, 2.05) is 18.2 Å². The van der Waals surface area contributed by atoms with E-state index in [-0.39, 0.29) is 19.4 Å². The minimum atomic E-state index is -4.74. The number of nitrogens with two attached hydrogens (primary N) is 1. The third-order valence-electron chi connectivity index (χ3n) is 10.3. The van der Waals surface area contributed by atoms with Crippen LogP contribution in [0.2, 0.25) is 0 Å². The topological polar surface area (TPSA) is 172 Å². The van der Waals surface area contributed by atoms with Crippen molar-refractivity contribution in [3.8, 4) is 0 Å². The summed E-state index contributed by atoms with van der Waals surface area (Å²) in [5, 5.41) is 8.90. The maximum Gasteiger partial charge on any atom is 0.472 e. The van der Waals surface area contributed by atoms with Gasteiger partial charge in [0.2, 0.25) is 0 Å². The number of hydrogen-bond donors (Lipinski definition) is 3. The van der Waals surface area contributed by atoms with Crippen molar-refractivity contribution < 1.29 is 47.5 Å². The highest BCUT2D eigenvalue weighted by Crippen LogP contribution is 2.43. The lowest BCUT2D eigenvalue weighted by Crippen LogP contribution is -2.34. The van der Waals surface area contributed by atoms with Gasteiger partial charge >= 0.3 is 25.7 Å². The summed E-state index contributed by atoms with van der Waals surface area (Å²) in [5.74, 6) is -2.53. The molecular weight excluding hydrogens is 806 g/mol. The van der Waals surface area contributed by atoms with E-state index in [0.29, 0.717) is 12.8 Å². The van der Waals surface area contributed by atoms with Crippen LogP contribution in [0.5, 0.6) is 0 Å². The first kappa shape index (κ1) is 59.2. The molecule has 0 saturated heterocycles. The van der Waals surface area contributed by atoms with E-state index in [2.05, 4.69) is 54.8 Å². The summed E-state index contributed by atoms with van der Waals surface area (Å²) < 4.78 is 32.6. The Hall–Kier alpha value is -2.82. The Morgan fingerprint density at radius 3 is 1.29 bits per heavy atom. The SMILES string of the molecule is CC/C=C\C/C=C\C/C=C\C/C=C\C/C=C\CC(=O)OC(COC(=O)CCCCCCCCCCCCCCCCCCCCCCCCC)COP(=O)(O)OCC(N)C(=O)O. The molecule has 0 aliphatic heterocycles. The van der Waals surface area contributed by atoms with Crippen molar-refractivity contribution in [3.05, 3.63) is 60.8 Å². The van der Waals surface area contributed by atoms with Crippen molar-refractivity contribution in [2.24, 2.45) is 5.73 Å². The van der Waals surface area contributed by atoms with Crippen LogP contribution in [0.4, 0.5) is 0 Å². The number of phosphoric ester groups is 1. The van der Waals surface area contributed by atoms with E-state index in [1.54, 1.807) is 6.08 Å². The largest absolute Gasteiger partial charge is 0.480 e. The van der Waals surface area contributed by atoms with Gasteiger partial charge < -0.3 is 25.2 Å². The Morgan fingerprint density at radius 2 is 0.887 bits per heavy atom. The van der Waals surface area contributed by atoms with Gasteiger partial charge in [-0.2, -0.15) is 0 Å². The van der Waals surface area contributed by atoms with Crippen LogP contribution >= 0.6 is 7.82 Å². The van der Waals surface area contributed by atoms with Crippen LogP contribution in [0.15, 0.2) is 60.8 Å². The van der Waals surface area contributed by atoms with Crippen molar-refractivity contribution >= 4 is 25.7 Å². The van der Waals surface area contributed by atoms with E-state index in [0.717, 1.165) is 44.9 Å². The fourth-order valence-corrected chi connectivity index (χ4v) is 7.33. The summed E-state index contributed by atoms with van der Waals surface area (Å²) in [6.07, 6.45) is 53.3. The summed E-state index contributed by atoms with van der Waals surface area (Å²) in [4.78, 5) is 46.0. The van der Waals surface area contributed by atoms with Crippen LogP contribution in [-0.4, -0.2) is 59.9 Å². The van der Waals surface area contributed by atoms with Crippen LogP contribution in [0.3, 0.4) is 0 Å². The lowest BCUT2D eigenvalue weighted by atomic mass is 10.0. The molecule has 0 radical (unpaired) electrons. The smallest absolute Gasteiger partial charge is 0.472 e. The molecule has 4 N–H and O–H groups in total. The third-order valence-corrected chi connectivity index (χ3v) is 11.3. The second-order valence-corrected chi connectivity index (χ2v) is 17.7. The molecule has 0 fully saturated rings. The Labute approximate surface area is 377 Å². The van der Waals surface area contributed by atoms with E-state index in [1.165, 1.54) is 122 Å². The number of allylic oxidation sites excluding steroid dienone is 9. The van der Waals surface area contributed by atoms with Crippen molar-refractivity contribution in [3.63, 3.8) is 0 Å². The second-order valence-electron chi connectivity index (χ2n) is 16.2. The monoisotopic (exact) mass is 894 g/mol. The molecule has 0 saturated carbocycles. The Balaban J connectivity index is 4.29. The van der Waals surface area contributed by atoms with Crippen molar-refractivity contribution in [1.82, 2.24) is 0 Å². The summed E-state index contributed by atoms with van der Waals surface area (Å²) in [6.45, 7) is 2.61. The van der Waals surface area contributed by atoms with Gasteiger partial charge in [0, 0.05) is 6.42 Å². The quantitative estimate of drug-likeness (QED) is 0.0230. The van der Waals surface area contributed by atoms with Crippen molar-refractivity contribution in [1.29, 1.82) is 0 Å². The zero-order valence-electron chi connectivity index (χ0n) is 38.9. The van der Waals surface area contributed by atoms with Crippen molar-refractivity contribution in [2.45, 2.75) is 219 Å². The molecule has 11 nitrogen and oxygen atoms in total. The minimum absolute atomic E-state index is 0.0712. The van der Waals surface area contributed by atoms with Crippen LogP contribution < -0.4 is 5.73 Å². The van der Waals surface area contributed by atoms with Gasteiger partial charge in [0.25, 0.3) is 0 Å². The minimum Gasteiger partial charge on any atom is -0.480 e. The number of aliphatic carboxylic acids is 1. The highest BCUT2D eigenvalue weighted by Gasteiger charge is 2.28. The Morgan fingerprint density at radius 1 is 0.516 bits per heavy atom. The number of unbranched alkanes of at least 4 members (excludes halogenated alkanes) is 22. The first-order valence-corrected chi connectivity index (χ1v) is 25.8. The highest BCUT2D eigenvalue weighted by molar-refractivity contribution is 7.47. The van der Waals surface area contributed by atoms with Gasteiger partial charge in [-0.3, -0.25) is 23.4 Å². The fourth-order valence-electron chi connectivity index (χ4n) is 6.55. The summed E-state index contributed by atoms with van der Waals surface area (Å²) >= 11 is 0. The molecule has 0 spiro atoms. The summed E-state index contributed by atoms with van der Waals surface area (Å²) in [6, 6.07) is -1.54. The van der Waals surface area contributed by atoms with Crippen LogP contribution in [0.25, 0.3) is 0 Å². The molecule has 0 aromatic rings. The third kappa shape index (κ3) is 43.8. The van der Waals surface area contributed by atoms with Crippen LogP contribution in [0.1, 0.15) is 206 Å². The predicted molar refractivity (Wildman–Crippen MR) is 254 cm³/mol. The van der Waals surface area contributed by atoms with E-state index < -0.39 is 51.1 Å². The van der Waals surface area contributed by atoms with Crippen LogP contribution in [0, 0.1) is 0 Å². The zero-order chi connectivity index (χ0) is 45.6. The molecule has 0 aromatic heterocycles. The highest BCUT2D eigenvalue weighted by atomic mass is 31.2. The zero-order valence-corrected chi connectivity index (χ0v) is 39.8. The molecular formula is C50H88NO10P. The second kappa shape index (κ2) is 44.8. The molecule has 62 heavy (non-hydrogen) atoms. The molecule has 12 heteroatoms. The molecule has 0 heterocycles. The molecule has 0 aromatic carbocycles. The maximum absolute atomic E-state index is 12.6. The molecule has 0 bridgehead atoms. The van der Waals surface area contributed by atoms with Gasteiger partial charge in [-0.25, -0.2) is 4.57 Å². The number of carboxylic acid groups (broad SMARTS) is 1. The molecule has 0 rings (SSSR count). The van der Waals surface area contributed by atoms with E-state index >= 15 is 0 Å². The van der Waals surface area contributed by atoms with Gasteiger partial charge in [0.05, 0.1) is 19.6 Å².